The minimum absolute atomic E-state index is 0.0518. The van der Waals surface area contributed by atoms with Crippen molar-refractivity contribution < 1.29 is 22.8 Å². The molecule has 5 atom stereocenters. The van der Waals surface area contributed by atoms with Crippen molar-refractivity contribution in [2.75, 3.05) is 19.8 Å². The molecule has 5 aliphatic heterocycles. The first-order valence-corrected chi connectivity index (χ1v) is 13.9. The molecular formula is C24H33F2N5O3S. The van der Waals surface area contributed by atoms with E-state index in [9.17, 15) is 13.6 Å². The molecule has 1 amide bonds. The quantitative estimate of drug-likeness (QED) is 0.518. The summed E-state index contributed by atoms with van der Waals surface area (Å²) in [5.41, 5.74) is 0.359. The van der Waals surface area contributed by atoms with Gasteiger partial charge in [0.25, 0.3) is 11.8 Å². The highest BCUT2D eigenvalue weighted by Crippen LogP contribution is 2.50. The summed E-state index contributed by atoms with van der Waals surface area (Å²) in [5, 5.41) is 10.6. The lowest BCUT2D eigenvalue weighted by Gasteiger charge is -2.56. The molecule has 7 aliphatic rings. The van der Waals surface area contributed by atoms with Gasteiger partial charge in [-0.25, -0.2) is 17.4 Å². The largest absolute Gasteiger partial charge is 0.380 e. The molecular weight excluding hydrogens is 476 g/mol. The molecule has 35 heavy (non-hydrogen) atoms. The van der Waals surface area contributed by atoms with Crippen LogP contribution in [0.15, 0.2) is 10.6 Å². The second-order valence-corrected chi connectivity index (χ2v) is 12.5. The number of amides is 1. The van der Waals surface area contributed by atoms with Crippen LogP contribution in [-0.2, 0) is 4.74 Å². The highest BCUT2D eigenvalue weighted by atomic mass is 32.2. The van der Waals surface area contributed by atoms with Crippen LogP contribution in [0.4, 0.5) is 8.78 Å². The number of piperidine rings is 2. The van der Waals surface area contributed by atoms with Gasteiger partial charge < -0.3 is 19.9 Å². The van der Waals surface area contributed by atoms with E-state index in [1.54, 1.807) is 6.07 Å². The molecule has 0 spiro atoms. The zero-order valence-electron chi connectivity index (χ0n) is 19.7. The van der Waals surface area contributed by atoms with Gasteiger partial charge in [0, 0.05) is 73.3 Å². The van der Waals surface area contributed by atoms with Crippen LogP contribution < -0.4 is 10.6 Å². The van der Waals surface area contributed by atoms with Crippen molar-refractivity contribution in [1.82, 2.24) is 24.4 Å². The monoisotopic (exact) mass is 509 g/mol. The van der Waals surface area contributed by atoms with Crippen molar-refractivity contribution in [2.45, 2.75) is 99.5 Å². The highest BCUT2D eigenvalue weighted by Gasteiger charge is 2.57. The Morgan fingerprint density at radius 2 is 1.71 bits per heavy atom. The molecule has 6 heterocycles. The molecule has 0 radical (unpaired) electrons. The number of aromatic nitrogens is 1. The number of rotatable bonds is 8. The van der Waals surface area contributed by atoms with Gasteiger partial charge in [-0.15, -0.1) is 0 Å². The van der Waals surface area contributed by atoms with Gasteiger partial charge in [-0.05, 0) is 44.9 Å². The third kappa shape index (κ3) is 4.31. The van der Waals surface area contributed by atoms with E-state index in [0.717, 1.165) is 31.4 Å². The predicted molar refractivity (Wildman–Crippen MR) is 125 cm³/mol. The maximum absolute atomic E-state index is 13.2. The SMILES string of the molecule is O=C(NC1CC2CCC(C1)N2SN1C2CC(NCC3CC3(F)F)CC1C2)c1cc(C2COC2)on1. The molecule has 5 saturated heterocycles. The number of halogens is 2. The zero-order chi connectivity index (χ0) is 23.7. The molecule has 1 aromatic rings. The lowest BCUT2D eigenvalue weighted by Crippen LogP contribution is -2.62. The van der Waals surface area contributed by atoms with Crippen LogP contribution >= 0.6 is 12.1 Å². The van der Waals surface area contributed by atoms with Gasteiger partial charge in [-0.1, -0.05) is 5.16 Å². The fraction of sp³-hybridized carbons (Fsp3) is 0.833. The minimum Gasteiger partial charge on any atom is -0.380 e. The topological polar surface area (TPSA) is 82.9 Å². The van der Waals surface area contributed by atoms with Crippen molar-refractivity contribution in [3.63, 3.8) is 0 Å². The van der Waals surface area contributed by atoms with Crippen LogP contribution in [0.25, 0.3) is 0 Å². The van der Waals surface area contributed by atoms with Gasteiger partial charge in [0.05, 0.1) is 19.1 Å². The molecule has 8 rings (SSSR count). The molecule has 192 valence electrons. The Balaban J connectivity index is 0.892. The van der Waals surface area contributed by atoms with Crippen LogP contribution in [0.3, 0.4) is 0 Å². The maximum Gasteiger partial charge on any atom is 0.273 e. The fourth-order valence-corrected chi connectivity index (χ4v) is 8.16. The van der Waals surface area contributed by atoms with E-state index in [4.69, 9.17) is 9.26 Å². The first-order valence-electron chi connectivity index (χ1n) is 13.1. The molecule has 7 fully saturated rings. The van der Waals surface area contributed by atoms with Crippen molar-refractivity contribution >= 4 is 18.0 Å². The summed E-state index contributed by atoms with van der Waals surface area (Å²) in [4.78, 5) is 12.8. The number of ether oxygens (including phenoxy) is 1. The Hall–Kier alpha value is -1.27. The summed E-state index contributed by atoms with van der Waals surface area (Å²) >= 11 is 1.92. The molecule has 2 N–H and O–H groups in total. The first kappa shape index (κ1) is 22.9. The molecule has 2 saturated carbocycles. The van der Waals surface area contributed by atoms with E-state index in [-0.39, 0.29) is 24.3 Å². The molecule has 1 aromatic heterocycles. The lowest BCUT2D eigenvalue weighted by atomic mass is 9.79. The number of hydrogen-bond acceptors (Lipinski definition) is 8. The van der Waals surface area contributed by atoms with Gasteiger partial charge in [-0.3, -0.25) is 4.79 Å². The molecule has 0 aromatic carbocycles. The van der Waals surface area contributed by atoms with E-state index in [1.807, 2.05) is 12.1 Å². The van der Waals surface area contributed by atoms with Crippen LogP contribution in [0.5, 0.6) is 0 Å². The Morgan fingerprint density at radius 1 is 1.06 bits per heavy atom. The standard InChI is InChI=1S/C24H33F2N5O3S/c25-24(26)9-14(24)10-27-15-3-19-7-20(4-15)31(19)35-30-17-1-2-18(30)6-16(5-17)28-23(32)21-8-22(34-29-21)13-11-33-12-13/h8,13-20,27H,1-7,9-12H2,(H,28,32). The van der Waals surface area contributed by atoms with Crippen molar-refractivity contribution in [3.05, 3.63) is 17.5 Å². The molecule has 11 heteroatoms. The smallest absolute Gasteiger partial charge is 0.273 e. The molecule has 4 bridgehead atoms. The number of carbonyl (C=O) groups excluding carboxylic acids is 1. The summed E-state index contributed by atoms with van der Waals surface area (Å²) in [6.45, 7) is 1.72. The number of nitrogens with zero attached hydrogens (tertiary/aromatic N) is 3. The molecule has 5 unspecified atom stereocenters. The molecule has 8 nitrogen and oxygen atoms in total. The third-order valence-electron chi connectivity index (χ3n) is 8.98. The Labute approximate surface area is 208 Å². The van der Waals surface area contributed by atoms with E-state index in [0.29, 0.717) is 55.7 Å². The summed E-state index contributed by atoms with van der Waals surface area (Å²) in [6.07, 6.45) is 7.63. The molecule has 2 aliphatic carbocycles. The van der Waals surface area contributed by atoms with Crippen LogP contribution in [-0.4, -0.2) is 81.6 Å². The highest BCUT2D eigenvalue weighted by molar-refractivity contribution is 7.94. The lowest BCUT2D eigenvalue weighted by molar-refractivity contribution is -0.00228. The summed E-state index contributed by atoms with van der Waals surface area (Å²) in [5.74, 6) is -2.08. The normalized spacial score (nSPS) is 40.2. The summed E-state index contributed by atoms with van der Waals surface area (Å²) in [6, 6.07) is 4.30. The van der Waals surface area contributed by atoms with Gasteiger partial charge in [0.2, 0.25) is 0 Å². The number of alkyl halides is 2. The second-order valence-electron chi connectivity index (χ2n) is 11.5. The van der Waals surface area contributed by atoms with Gasteiger partial charge >= 0.3 is 0 Å². The van der Waals surface area contributed by atoms with Crippen LogP contribution in [0.1, 0.15) is 73.5 Å². The maximum atomic E-state index is 13.2. The second kappa shape index (κ2) is 8.65. The van der Waals surface area contributed by atoms with E-state index < -0.39 is 11.8 Å². The van der Waals surface area contributed by atoms with Crippen LogP contribution in [0, 0.1) is 5.92 Å². The summed E-state index contributed by atoms with van der Waals surface area (Å²) < 4.78 is 42.0. The average molecular weight is 510 g/mol. The van der Waals surface area contributed by atoms with Crippen molar-refractivity contribution in [3.8, 4) is 0 Å². The number of carbonyl (C=O) groups is 1. The van der Waals surface area contributed by atoms with E-state index in [2.05, 4.69) is 24.4 Å². The number of nitrogens with one attached hydrogen (secondary N) is 2. The van der Waals surface area contributed by atoms with Crippen LogP contribution in [0.2, 0.25) is 0 Å². The van der Waals surface area contributed by atoms with Crippen molar-refractivity contribution in [2.24, 2.45) is 5.92 Å². The Kier molecular flexibility index (Phi) is 5.66. The van der Waals surface area contributed by atoms with E-state index >= 15 is 0 Å². The Bertz CT molecular complexity index is 951. The van der Waals surface area contributed by atoms with E-state index in [1.165, 1.54) is 19.3 Å². The van der Waals surface area contributed by atoms with Gasteiger partial charge in [0.15, 0.2) is 5.69 Å². The fourth-order valence-electron chi connectivity index (χ4n) is 6.68. The first-order chi connectivity index (χ1) is 16.9. The number of hydrogen-bond donors (Lipinski definition) is 2. The minimum atomic E-state index is -2.43. The Morgan fingerprint density at radius 3 is 2.34 bits per heavy atom. The predicted octanol–water partition coefficient (Wildman–Crippen LogP) is 2.93. The average Bonchev–Trinajstić information content (AvgIpc) is 3.07. The summed E-state index contributed by atoms with van der Waals surface area (Å²) in [7, 11) is 0. The third-order valence-corrected chi connectivity index (χ3v) is 10.5. The zero-order valence-corrected chi connectivity index (χ0v) is 20.5. The number of fused-ring (bicyclic) bond motifs is 4. The van der Waals surface area contributed by atoms with Crippen molar-refractivity contribution in [1.29, 1.82) is 0 Å². The van der Waals surface area contributed by atoms with Gasteiger partial charge in [-0.2, -0.15) is 0 Å². The van der Waals surface area contributed by atoms with Gasteiger partial charge in [0.1, 0.15) is 5.76 Å².